The molecule has 0 fully saturated rings. The van der Waals surface area contributed by atoms with Crippen molar-refractivity contribution >= 4 is 5.69 Å². The number of hydrogen-bond acceptors (Lipinski definition) is 5. The molecule has 0 unspecified atom stereocenters. The van der Waals surface area contributed by atoms with Crippen LogP contribution in [-0.2, 0) is 6.61 Å². The third kappa shape index (κ3) is 2.96. The summed E-state index contributed by atoms with van der Waals surface area (Å²) in [4.78, 5) is 10.1. The van der Waals surface area contributed by atoms with E-state index >= 15 is 0 Å². The minimum absolute atomic E-state index is 0.0251. The number of nitrogens with zero attached hydrogens (tertiary/aromatic N) is 2. The van der Waals surface area contributed by atoms with Crippen molar-refractivity contribution in [3.05, 3.63) is 63.5 Å². The van der Waals surface area contributed by atoms with E-state index < -0.39 is 22.2 Å². The Labute approximate surface area is 118 Å². The summed E-state index contributed by atoms with van der Waals surface area (Å²) >= 11 is 0. The maximum Gasteiger partial charge on any atom is 0.314 e. The summed E-state index contributed by atoms with van der Waals surface area (Å²) in [5, 5.41) is 28.9. The summed E-state index contributed by atoms with van der Waals surface area (Å²) < 4.78 is 18.9. The number of rotatable bonds is 4. The van der Waals surface area contributed by atoms with Crippen LogP contribution in [0.5, 0.6) is 11.5 Å². The molecular formula is C14H9FN2O4. The van der Waals surface area contributed by atoms with Crippen molar-refractivity contribution in [2.75, 3.05) is 0 Å². The lowest BCUT2D eigenvalue weighted by Crippen LogP contribution is -1.98. The Bertz CT molecular complexity index is 740. The predicted octanol–water partition coefficient (Wildman–Crippen LogP) is 2.89. The molecule has 0 saturated heterocycles. The third-order valence-electron chi connectivity index (χ3n) is 2.70. The highest BCUT2D eigenvalue weighted by molar-refractivity contribution is 5.53. The van der Waals surface area contributed by atoms with E-state index in [1.54, 1.807) is 0 Å². The van der Waals surface area contributed by atoms with Gasteiger partial charge in [-0.2, -0.15) is 5.26 Å². The molecule has 0 amide bonds. The lowest BCUT2D eigenvalue weighted by Gasteiger charge is -2.09. The monoisotopic (exact) mass is 288 g/mol. The number of para-hydroxylation sites is 1. The highest BCUT2D eigenvalue weighted by atomic mass is 19.1. The van der Waals surface area contributed by atoms with Crippen molar-refractivity contribution in [2.24, 2.45) is 0 Å². The molecule has 0 aliphatic carbocycles. The zero-order valence-corrected chi connectivity index (χ0v) is 10.6. The smallest absolute Gasteiger partial charge is 0.314 e. The number of nitriles is 1. The fraction of sp³-hybridized carbons (Fsp3) is 0.0714. The number of ether oxygens (including phenoxy) is 1. The summed E-state index contributed by atoms with van der Waals surface area (Å²) in [5.41, 5.74) is -0.0221. The molecule has 21 heavy (non-hydrogen) atoms. The van der Waals surface area contributed by atoms with Crippen LogP contribution in [0.25, 0.3) is 0 Å². The molecule has 0 aliphatic rings. The van der Waals surface area contributed by atoms with Crippen LogP contribution in [0, 0.1) is 27.3 Å². The molecule has 2 aromatic rings. The first kappa shape index (κ1) is 14.4. The largest absolute Gasteiger partial charge is 0.446 e. The van der Waals surface area contributed by atoms with Gasteiger partial charge in [-0.15, -0.1) is 0 Å². The van der Waals surface area contributed by atoms with Crippen molar-refractivity contribution in [3.8, 4) is 17.6 Å². The summed E-state index contributed by atoms with van der Waals surface area (Å²) in [6.45, 7) is -0.269. The molecule has 0 atom stereocenters. The van der Waals surface area contributed by atoms with Gasteiger partial charge in [-0.05, 0) is 23.8 Å². The Morgan fingerprint density at radius 1 is 1.38 bits per heavy atom. The second-order valence-electron chi connectivity index (χ2n) is 4.05. The first-order chi connectivity index (χ1) is 10.1. The Morgan fingerprint density at radius 2 is 2.14 bits per heavy atom. The molecule has 0 spiro atoms. The Hall–Kier alpha value is -2.98. The lowest BCUT2D eigenvalue weighted by molar-refractivity contribution is -0.385. The standard InChI is InChI=1S/C14H9FN2O4/c15-11-2-1-3-12(17(19)20)14(11)21-13-5-4-9(8-18)6-10(13)7-16/h1-6,18H,8H2. The van der Waals surface area contributed by atoms with Crippen LogP contribution in [0.2, 0.25) is 0 Å². The van der Waals surface area contributed by atoms with Crippen LogP contribution in [0.1, 0.15) is 11.1 Å². The van der Waals surface area contributed by atoms with Gasteiger partial charge in [0.2, 0.25) is 5.75 Å². The van der Waals surface area contributed by atoms with E-state index in [0.29, 0.717) is 5.56 Å². The Kier molecular flexibility index (Phi) is 4.11. The van der Waals surface area contributed by atoms with Crippen LogP contribution in [0.15, 0.2) is 36.4 Å². The maximum absolute atomic E-state index is 13.7. The zero-order chi connectivity index (χ0) is 15.4. The molecular weight excluding hydrogens is 279 g/mol. The van der Waals surface area contributed by atoms with E-state index in [4.69, 9.17) is 15.1 Å². The van der Waals surface area contributed by atoms with Gasteiger partial charge < -0.3 is 9.84 Å². The number of nitro groups is 1. The predicted molar refractivity (Wildman–Crippen MR) is 70.2 cm³/mol. The van der Waals surface area contributed by atoms with Crippen molar-refractivity contribution in [2.45, 2.75) is 6.61 Å². The first-order valence-corrected chi connectivity index (χ1v) is 5.81. The second-order valence-corrected chi connectivity index (χ2v) is 4.05. The first-order valence-electron chi connectivity index (χ1n) is 5.81. The van der Waals surface area contributed by atoms with E-state index in [0.717, 1.165) is 12.1 Å². The number of halogens is 1. The number of benzene rings is 2. The van der Waals surface area contributed by atoms with E-state index in [2.05, 4.69) is 0 Å². The number of hydrogen-bond donors (Lipinski definition) is 1. The summed E-state index contributed by atoms with van der Waals surface area (Å²) in [5.74, 6) is -1.49. The van der Waals surface area contributed by atoms with Crippen LogP contribution >= 0.6 is 0 Å². The van der Waals surface area contributed by atoms with Gasteiger partial charge in [-0.1, -0.05) is 12.1 Å². The van der Waals surface area contributed by atoms with Crippen LogP contribution in [-0.4, -0.2) is 10.0 Å². The molecule has 0 aliphatic heterocycles. The number of aliphatic hydroxyl groups is 1. The molecule has 106 valence electrons. The molecule has 0 bridgehead atoms. The molecule has 7 heteroatoms. The van der Waals surface area contributed by atoms with E-state index in [1.807, 2.05) is 6.07 Å². The van der Waals surface area contributed by atoms with Crippen molar-refractivity contribution < 1.29 is 19.2 Å². The van der Waals surface area contributed by atoms with Crippen molar-refractivity contribution in [3.63, 3.8) is 0 Å². The minimum atomic E-state index is -0.903. The highest BCUT2D eigenvalue weighted by Gasteiger charge is 2.21. The normalized spacial score (nSPS) is 9.95. The van der Waals surface area contributed by atoms with Gasteiger partial charge in [-0.25, -0.2) is 4.39 Å². The number of nitro benzene ring substituents is 1. The van der Waals surface area contributed by atoms with Gasteiger partial charge in [0, 0.05) is 6.07 Å². The summed E-state index contributed by atoms with van der Waals surface area (Å²) in [7, 11) is 0. The van der Waals surface area contributed by atoms with Gasteiger partial charge in [0.15, 0.2) is 5.82 Å². The molecule has 0 radical (unpaired) electrons. The summed E-state index contributed by atoms with van der Waals surface area (Å²) in [6, 6.07) is 9.34. The van der Waals surface area contributed by atoms with Gasteiger partial charge in [-0.3, -0.25) is 10.1 Å². The van der Waals surface area contributed by atoms with Crippen LogP contribution < -0.4 is 4.74 Å². The second kappa shape index (κ2) is 5.98. The van der Waals surface area contributed by atoms with Crippen molar-refractivity contribution in [1.29, 1.82) is 5.26 Å². The molecule has 2 rings (SSSR count). The quantitative estimate of drug-likeness (QED) is 0.689. The maximum atomic E-state index is 13.7. The van der Waals surface area contributed by atoms with Gasteiger partial charge >= 0.3 is 5.69 Å². The number of aliphatic hydroxyl groups excluding tert-OH is 1. The van der Waals surface area contributed by atoms with Crippen molar-refractivity contribution in [1.82, 2.24) is 0 Å². The van der Waals surface area contributed by atoms with Crippen LogP contribution in [0.3, 0.4) is 0 Å². The SMILES string of the molecule is N#Cc1cc(CO)ccc1Oc1c(F)cccc1[N+](=O)[O-]. The summed E-state index contributed by atoms with van der Waals surface area (Å²) in [6.07, 6.45) is 0. The molecule has 1 N–H and O–H groups in total. The van der Waals surface area contributed by atoms with E-state index in [1.165, 1.54) is 24.3 Å². The van der Waals surface area contributed by atoms with Gasteiger partial charge in [0.05, 0.1) is 17.1 Å². The zero-order valence-electron chi connectivity index (χ0n) is 10.6. The molecule has 0 saturated carbocycles. The Morgan fingerprint density at radius 3 is 2.76 bits per heavy atom. The minimum Gasteiger partial charge on any atom is -0.446 e. The molecule has 6 nitrogen and oxygen atoms in total. The van der Waals surface area contributed by atoms with Crippen LogP contribution in [0.4, 0.5) is 10.1 Å². The average Bonchev–Trinajstić information content (AvgIpc) is 2.49. The highest BCUT2D eigenvalue weighted by Crippen LogP contribution is 2.35. The fourth-order valence-electron chi connectivity index (χ4n) is 1.70. The van der Waals surface area contributed by atoms with Gasteiger partial charge in [0.1, 0.15) is 11.8 Å². The van der Waals surface area contributed by atoms with Gasteiger partial charge in [0.25, 0.3) is 0 Å². The molecule has 2 aromatic carbocycles. The molecule has 0 aromatic heterocycles. The lowest BCUT2D eigenvalue weighted by atomic mass is 10.1. The van der Waals surface area contributed by atoms with E-state index in [9.17, 15) is 14.5 Å². The average molecular weight is 288 g/mol. The topological polar surface area (TPSA) is 96.4 Å². The Balaban J connectivity index is 2.48. The molecule has 0 heterocycles. The fourth-order valence-corrected chi connectivity index (χ4v) is 1.70. The van der Waals surface area contributed by atoms with E-state index in [-0.39, 0.29) is 17.9 Å². The third-order valence-corrected chi connectivity index (χ3v) is 2.70.